The minimum atomic E-state index is 0.0248. The van der Waals surface area contributed by atoms with Crippen molar-refractivity contribution in [1.82, 2.24) is 5.32 Å². The Kier molecular flexibility index (Phi) is 4.19. The van der Waals surface area contributed by atoms with E-state index < -0.39 is 0 Å². The van der Waals surface area contributed by atoms with Gasteiger partial charge in [-0.1, -0.05) is 27.7 Å². The zero-order valence-electron chi connectivity index (χ0n) is 12.9. The smallest absolute Gasteiger partial charge is 0.251 e. The van der Waals surface area contributed by atoms with Gasteiger partial charge < -0.3 is 5.32 Å². The second-order valence-corrected chi connectivity index (χ2v) is 8.15. The van der Waals surface area contributed by atoms with Crippen LogP contribution in [0.4, 0.5) is 0 Å². The summed E-state index contributed by atoms with van der Waals surface area (Å²) in [5.74, 6) is 0.0248. The fraction of sp³-hybridized carbons (Fsp3) is 0.588. The normalized spacial score (nSPS) is 21.4. The quantitative estimate of drug-likeness (QED) is 0.781. The van der Waals surface area contributed by atoms with Gasteiger partial charge in [0.1, 0.15) is 0 Å². The van der Waals surface area contributed by atoms with Gasteiger partial charge in [0.25, 0.3) is 5.91 Å². The molecule has 20 heavy (non-hydrogen) atoms. The molecule has 1 aliphatic rings. The molecule has 0 aliphatic heterocycles. The number of thiol groups is 1. The molecule has 0 aromatic heterocycles. The highest BCUT2D eigenvalue weighted by Crippen LogP contribution is 2.45. The Morgan fingerprint density at radius 2 is 1.60 bits per heavy atom. The van der Waals surface area contributed by atoms with E-state index in [9.17, 15) is 4.79 Å². The van der Waals surface area contributed by atoms with E-state index in [1.807, 2.05) is 24.3 Å². The average molecular weight is 291 g/mol. The van der Waals surface area contributed by atoms with Crippen LogP contribution >= 0.6 is 12.6 Å². The number of carbonyl (C=O) groups is 1. The summed E-state index contributed by atoms with van der Waals surface area (Å²) in [5, 5.41) is 3.20. The van der Waals surface area contributed by atoms with Crippen LogP contribution in [-0.4, -0.2) is 11.9 Å². The van der Waals surface area contributed by atoms with Gasteiger partial charge in [0.05, 0.1) is 0 Å². The third-order valence-electron chi connectivity index (χ3n) is 4.02. The molecule has 0 spiro atoms. The number of hydrogen-bond acceptors (Lipinski definition) is 2. The summed E-state index contributed by atoms with van der Waals surface area (Å²) in [7, 11) is 0. The Morgan fingerprint density at radius 3 is 2.10 bits per heavy atom. The molecule has 2 rings (SSSR count). The standard InChI is InChI=1S/C17H25NOS/c1-16(2)9-13(10-17(3,4)11-16)18-15(19)12-5-7-14(20)8-6-12/h5-8,13,20H,9-11H2,1-4H3,(H,18,19). The van der Waals surface area contributed by atoms with E-state index in [0.717, 1.165) is 17.7 Å². The van der Waals surface area contributed by atoms with E-state index in [2.05, 4.69) is 45.6 Å². The number of carbonyl (C=O) groups excluding carboxylic acids is 1. The Labute approximate surface area is 127 Å². The first-order valence-corrected chi connectivity index (χ1v) is 7.72. The summed E-state index contributed by atoms with van der Waals surface area (Å²) in [6.45, 7) is 9.18. The summed E-state index contributed by atoms with van der Waals surface area (Å²) in [4.78, 5) is 13.2. The molecule has 0 bridgehead atoms. The van der Waals surface area contributed by atoms with E-state index in [4.69, 9.17) is 0 Å². The van der Waals surface area contributed by atoms with Gasteiger partial charge >= 0.3 is 0 Å². The Bertz CT molecular complexity index is 474. The van der Waals surface area contributed by atoms with Gasteiger partial charge in [-0.3, -0.25) is 4.79 Å². The SMILES string of the molecule is CC1(C)CC(NC(=O)c2ccc(S)cc2)CC(C)(C)C1. The number of amides is 1. The van der Waals surface area contributed by atoms with Gasteiger partial charge in [-0.25, -0.2) is 0 Å². The fourth-order valence-electron chi connectivity index (χ4n) is 3.83. The number of hydrogen-bond donors (Lipinski definition) is 2. The lowest BCUT2D eigenvalue weighted by Gasteiger charge is -2.45. The van der Waals surface area contributed by atoms with Gasteiger partial charge in [-0.2, -0.15) is 0 Å². The molecule has 0 unspecified atom stereocenters. The molecule has 3 heteroatoms. The van der Waals surface area contributed by atoms with Crippen molar-refractivity contribution >= 4 is 18.5 Å². The van der Waals surface area contributed by atoms with Crippen LogP contribution in [0, 0.1) is 10.8 Å². The van der Waals surface area contributed by atoms with Crippen molar-refractivity contribution in [2.24, 2.45) is 10.8 Å². The maximum atomic E-state index is 12.3. The number of nitrogens with one attached hydrogen (secondary N) is 1. The van der Waals surface area contributed by atoms with Gasteiger partial charge in [-0.05, 0) is 54.4 Å². The molecule has 0 heterocycles. The van der Waals surface area contributed by atoms with E-state index in [0.29, 0.717) is 5.56 Å². The van der Waals surface area contributed by atoms with Crippen molar-refractivity contribution in [3.05, 3.63) is 29.8 Å². The van der Waals surface area contributed by atoms with Crippen molar-refractivity contribution in [3.8, 4) is 0 Å². The topological polar surface area (TPSA) is 29.1 Å². The van der Waals surface area contributed by atoms with Gasteiger partial charge in [0.2, 0.25) is 0 Å². The summed E-state index contributed by atoms with van der Waals surface area (Å²) in [6, 6.07) is 7.63. The van der Waals surface area contributed by atoms with E-state index in [1.165, 1.54) is 6.42 Å². The molecule has 0 saturated heterocycles. The predicted molar refractivity (Wildman–Crippen MR) is 86.4 cm³/mol. The highest BCUT2D eigenvalue weighted by molar-refractivity contribution is 7.80. The third-order valence-corrected chi connectivity index (χ3v) is 4.32. The lowest BCUT2D eigenvalue weighted by Crippen LogP contribution is -2.46. The zero-order valence-corrected chi connectivity index (χ0v) is 13.8. The molecule has 1 saturated carbocycles. The van der Waals surface area contributed by atoms with Crippen LogP contribution in [0.1, 0.15) is 57.3 Å². The van der Waals surface area contributed by atoms with Crippen molar-refractivity contribution in [2.45, 2.75) is 57.9 Å². The Balaban J connectivity index is 2.05. The van der Waals surface area contributed by atoms with E-state index in [1.54, 1.807) is 0 Å². The first kappa shape index (κ1) is 15.4. The minimum Gasteiger partial charge on any atom is -0.349 e. The summed E-state index contributed by atoms with van der Waals surface area (Å²) in [6.07, 6.45) is 3.31. The molecule has 0 radical (unpaired) electrons. The fourth-order valence-corrected chi connectivity index (χ4v) is 3.98. The lowest BCUT2D eigenvalue weighted by atomic mass is 9.63. The van der Waals surface area contributed by atoms with E-state index >= 15 is 0 Å². The van der Waals surface area contributed by atoms with Crippen LogP contribution in [0.2, 0.25) is 0 Å². The van der Waals surface area contributed by atoms with Gasteiger partial charge in [0, 0.05) is 16.5 Å². The Morgan fingerprint density at radius 1 is 1.10 bits per heavy atom. The first-order valence-electron chi connectivity index (χ1n) is 7.27. The molecule has 1 N–H and O–H groups in total. The molecule has 1 aromatic carbocycles. The van der Waals surface area contributed by atoms with Crippen LogP contribution in [0.3, 0.4) is 0 Å². The molecule has 0 atom stereocenters. The van der Waals surface area contributed by atoms with Crippen molar-refractivity contribution in [1.29, 1.82) is 0 Å². The highest BCUT2D eigenvalue weighted by Gasteiger charge is 2.38. The van der Waals surface area contributed by atoms with Crippen LogP contribution in [0.25, 0.3) is 0 Å². The van der Waals surface area contributed by atoms with Crippen molar-refractivity contribution in [3.63, 3.8) is 0 Å². The number of rotatable bonds is 2. The van der Waals surface area contributed by atoms with Gasteiger partial charge in [-0.15, -0.1) is 12.6 Å². The molecule has 2 nitrogen and oxygen atoms in total. The number of benzene rings is 1. The summed E-state index contributed by atoms with van der Waals surface area (Å²) >= 11 is 4.24. The second-order valence-electron chi connectivity index (χ2n) is 7.63. The Hall–Kier alpha value is -0.960. The van der Waals surface area contributed by atoms with Gasteiger partial charge in [0.15, 0.2) is 0 Å². The van der Waals surface area contributed by atoms with Crippen molar-refractivity contribution in [2.75, 3.05) is 0 Å². The van der Waals surface area contributed by atoms with Crippen LogP contribution in [0.15, 0.2) is 29.2 Å². The minimum absolute atomic E-state index is 0.0248. The maximum absolute atomic E-state index is 12.3. The van der Waals surface area contributed by atoms with E-state index in [-0.39, 0.29) is 22.8 Å². The molecule has 1 aromatic rings. The monoisotopic (exact) mass is 291 g/mol. The summed E-state index contributed by atoms with van der Waals surface area (Å²) < 4.78 is 0. The second kappa shape index (κ2) is 5.44. The maximum Gasteiger partial charge on any atom is 0.251 e. The van der Waals surface area contributed by atoms with Crippen LogP contribution in [0.5, 0.6) is 0 Å². The van der Waals surface area contributed by atoms with Crippen LogP contribution in [-0.2, 0) is 0 Å². The molecule has 1 fully saturated rings. The third kappa shape index (κ3) is 4.02. The molecular formula is C17H25NOS. The molecule has 1 aliphatic carbocycles. The lowest BCUT2D eigenvalue weighted by molar-refractivity contribution is 0.0713. The molecular weight excluding hydrogens is 266 g/mol. The predicted octanol–water partition coefficient (Wildman–Crippen LogP) is 4.31. The molecule has 110 valence electrons. The van der Waals surface area contributed by atoms with Crippen molar-refractivity contribution < 1.29 is 4.79 Å². The largest absolute Gasteiger partial charge is 0.349 e. The highest BCUT2D eigenvalue weighted by atomic mass is 32.1. The first-order chi connectivity index (χ1) is 9.17. The average Bonchev–Trinajstić information content (AvgIpc) is 2.25. The summed E-state index contributed by atoms with van der Waals surface area (Å²) in [5.41, 5.74) is 1.28. The molecule has 1 amide bonds. The zero-order chi connectivity index (χ0) is 15.0. The van der Waals surface area contributed by atoms with Crippen LogP contribution < -0.4 is 5.32 Å².